The largest absolute Gasteiger partial charge is 0.484 e. The molecule has 1 aliphatic rings. The van der Waals surface area contributed by atoms with E-state index in [-0.39, 0.29) is 25.2 Å². The molecule has 0 aliphatic carbocycles. The number of ether oxygens (including phenoxy) is 2. The van der Waals surface area contributed by atoms with Crippen molar-refractivity contribution < 1.29 is 19.4 Å². The molecule has 0 bridgehead atoms. The predicted octanol–water partition coefficient (Wildman–Crippen LogP) is 1.48. The van der Waals surface area contributed by atoms with Gasteiger partial charge in [-0.15, -0.1) is 0 Å². The van der Waals surface area contributed by atoms with Crippen molar-refractivity contribution in [2.45, 2.75) is 25.0 Å². The molecular weight excluding hydrogens is 326 g/mol. The Kier molecular flexibility index (Phi) is 5.01. The Balaban J connectivity index is 1.76. The minimum atomic E-state index is -0.981. The van der Waals surface area contributed by atoms with Crippen LogP contribution in [-0.2, 0) is 9.53 Å². The zero-order valence-electron chi connectivity index (χ0n) is 11.3. The smallest absolute Gasteiger partial charge is 0.258 e. The van der Waals surface area contributed by atoms with Gasteiger partial charge in [0.2, 0.25) is 0 Å². The molecule has 0 saturated carbocycles. The van der Waals surface area contributed by atoms with Crippen LogP contribution in [0, 0.1) is 0 Å². The first kappa shape index (κ1) is 15.3. The van der Waals surface area contributed by atoms with E-state index in [4.69, 9.17) is 9.47 Å². The minimum absolute atomic E-state index is 0.0816. The molecule has 110 valence electrons. The molecule has 2 rings (SSSR count). The molecule has 5 nitrogen and oxygen atoms in total. The molecule has 1 aromatic rings. The molecule has 20 heavy (non-hydrogen) atoms. The summed E-state index contributed by atoms with van der Waals surface area (Å²) in [5.74, 6) is 0.350. The number of amides is 1. The molecule has 2 N–H and O–H groups in total. The molecule has 2 atom stereocenters. The fourth-order valence-electron chi connectivity index (χ4n) is 2.01. The highest BCUT2D eigenvalue weighted by Gasteiger charge is 2.39. The highest BCUT2D eigenvalue weighted by atomic mass is 79.9. The normalized spacial score (nSPS) is 25.4. The van der Waals surface area contributed by atoms with Crippen molar-refractivity contribution in [3.05, 3.63) is 28.7 Å². The van der Waals surface area contributed by atoms with Crippen LogP contribution < -0.4 is 10.1 Å². The van der Waals surface area contributed by atoms with Gasteiger partial charge < -0.3 is 19.9 Å². The summed E-state index contributed by atoms with van der Waals surface area (Å²) in [7, 11) is 0. The van der Waals surface area contributed by atoms with E-state index < -0.39 is 5.60 Å². The molecule has 0 radical (unpaired) electrons. The first-order valence-corrected chi connectivity index (χ1v) is 7.28. The van der Waals surface area contributed by atoms with Crippen LogP contribution in [0.2, 0.25) is 0 Å². The Labute approximate surface area is 126 Å². The van der Waals surface area contributed by atoms with Crippen LogP contribution in [0.1, 0.15) is 13.3 Å². The summed E-state index contributed by atoms with van der Waals surface area (Å²) >= 11 is 3.33. The van der Waals surface area contributed by atoms with Crippen LogP contribution in [0.25, 0.3) is 0 Å². The van der Waals surface area contributed by atoms with Gasteiger partial charge in [0.1, 0.15) is 11.4 Å². The summed E-state index contributed by atoms with van der Waals surface area (Å²) in [5, 5.41) is 12.9. The molecule has 0 spiro atoms. The molecule has 2 unspecified atom stereocenters. The van der Waals surface area contributed by atoms with Crippen molar-refractivity contribution in [3.63, 3.8) is 0 Å². The fraction of sp³-hybridized carbons (Fsp3) is 0.500. The maximum Gasteiger partial charge on any atom is 0.258 e. The number of carbonyl (C=O) groups is 1. The summed E-state index contributed by atoms with van der Waals surface area (Å²) in [6, 6.07) is 7.27. The monoisotopic (exact) mass is 343 g/mol. The van der Waals surface area contributed by atoms with Gasteiger partial charge in [-0.3, -0.25) is 4.79 Å². The summed E-state index contributed by atoms with van der Waals surface area (Å²) in [6.45, 7) is 2.41. The van der Waals surface area contributed by atoms with Crippen molar-refractivity contribution >= 4 is 21.8 Å². The molecule has 1 heterocycles. The lowest BCUT2D eigenvalue weighted by atomic mass is 9.97. The summed E-state index contributed by atoms with van der Waals surface area (Å²) in [6.07, 6.45) is 0.259. The zero-order valence-corrected chi connectivity index (χ0v) is 12.9. The number of hydrogen-bond acceptors (Lipinski definition) is 4. The van der Waals surface area contributed by atoms with Gasteiger partial charge >= 0.3 is 0 Å². The maximum atomic E-state index is 11.7. The SMILES string of the molecule is CC1OCCC1(O)CNC(=O)COc1cccc(Br)c1. The Morgan fingerprint density at radius 1 is 1.65 bits per heavy atom. The number of aliphatic hydroxyl groups is 1. The van der Waals surface area contributed by atoms with Gasteiger partial charge in [-0.2, -0.15) is 0 Å². The molecule has 1 saturated heterocycles. The van der Waals surface area contributed by atoms with Gasteiger partial charge in [0.15, 0.2) is 6.61 Å². The first-order chi connectivity index (χ1) is 9.49. The molecule has 1 fully saturated rings. The van der Waals surface area contributed by atoms with E-state index in [1.54, 1.807) is 19.1 Å². The molecule has 6 heteroatoms. The van der Waals surface area contributed by atoms with Gasteiger partial charge in [-0.05, 0) is 25.1 Å². The second kappa shape index (κ2) is 6.56. The van der Waals surface area contributed by atoms with E-state index in [0.717, 1.165) is 4.47 Å². The number of rotatable bonds is 5. The average molecular weight is 344 g/mol. The Hall–Kier alpha value is -1.11. The minimum Gasteiger partial charge on any atom is -0.484 e. The molecular formula is C14H18BrNO4. The van der Waals surface area contributed by atoms with Gasteiger partial charge in [0.05, 0.1) is 6.10 Å². The van der Waals surface area contributed by atoms with Crippen molar-refractivity contribution in [1.82, 2.24) is 5.32 Å². The standard InChI is InChI=1S/C14H18BrNO4/c1-10-14(18,5-6-19-10)9-16-13(17)8-20-12-4-2-3-11(15)7-12/h2-4,7,10,18H,5-6,8-9H2,1H3,(H,16,17). The third-order valence-electron chi connectivity index (χ3n) is 3.42. The number of halogens is 1. The van der Waals surface area contributed by atoms with Gasteiger partial charge in [0, 0.05) is 24.0 Å². The molecule has 1 aromatic carbocycles. The lowest BCUT2D eigenvalue weighted by molar-refractivity contribution is -0.124. The Morgan fingerprint density at radius 3 is 3.10 bits per heavy atom. The van der Waals surface area contributed by atoms with Crippen LogP contribution in [0.4, 0.5) is 0 Å². The zero-order chi connectivity index (χ0) is 14.6. The van der Waals surface area contributed by atoms with E-state index in [0.29, 0.717) is 18.8 Å². The molecule has 0 aromatic heterocycles. The number of hydrogen-bond donors (Lipinski definition) is 2. The second-order valence-electron chi connectivity index (χ2n) is 4.89. The topological polar surface area (TPSA) is 67.8 Å². The predicted molar refractivity (Wildman–Crippen MR) is 77.6 cm³/mol. The summed E-state index contributed by atoms with van der Waals surface area (Å²) in [4.78, 5) is 11.7. The Morgan fingerprint density at radius 2 is 2.45 bits per heavy atom. The summed E-state index contributed by atoms with van der Waals surface area (Å²) in [5.41, 5.74) is -0.981. The highest BCUT2D eigenvalue weighted by molar-refractivity contribution is 9.10. The van der Waals surface area contributed by atoms with Crippen LogP contribution >= 0.6 is 15.9 Å². The number of nitrogens with one attached hydrogen (secondary N) is 1. The second-order valence-corrected chi connectivity index (χ2v) is 5.81. The van der Waals surface area contributed by atoms with Crippen molar-refractivity contribution in [3.8, 4) is 5.75 Å². The first-order valence-electron chi connectivity index (χ1n) is 6.49. The van der Waals surface area contributed by atoms with E-state index in [2.05, 4.69) is 21.2 Å². The quantitative estimate of drug-likeness (QED) is 0.849. The lowest BCUT2D eigenvalue weighted by Crippen LogP contribution is -2.48. The number of benzene rings is 1. The van der Waals surface area contributed by atoms with Gasteiger partial charge in [0.25, 0.3) is 5.91 Å². The lowest BCUT2D eigenvalue weighted by Gasteiger charge is -2.26. The van der Waals surface area contributed by atoms with E-state index in [1.807, 2.05) is 12.1 Å². The fourth-order valence-corrected chi connectivity index (χ4v) is 2.39. The van der Waals surface area contributed by atoms with Crippen LogP contribution in [0.3, 0.4) is 0 Å². The van der Waals surface area contributed by atoms with Crippen LogP contribution in [-0.4, -0.2) is 42.5 Å². The van der Waals surface area contributed by atoms with Gasteiger partial charge in [-0.1, -0.05) is 22.0 Å². The van der Waals surface area contributed by atoms with Crippen molar-refractivity contribution in [2.24, 2.45) is 0 Å². The highest BCUT2D eigenvalue weighted by Crippen LogP contribution is 2.24. The van der Waals surface area contributed by atoms with Crippen LogP contribution in [0.5, 0.6) is 5.75 Å². The van der Waals surface area contributed by atoms with E-state index in [9.17, 15) is 9.90 Å². The Bertz CT molecular complexity index is 482. The third kappa shape index (κ3) is 3.94. The average Bonchev–Trinajstić information content (AvgIpc) is 2.75. The van der Waals surface area contributed by atoms with Crippen molar-refractivity contribution in [2.75, 3.05) is 19.8 Å². The van der Waals surface area contributed by atoms with E-state index >= 15 is 0 Å². The van der Waals surface area contributed by atoms with Gasteiger partial charge in [-0.25, -0.2) is 0 Å². The van der Waals surface area contributed by atoms with Crippen LogP contribution in [0.15, 0.2) is 28.7 Å². The third-order valence-corrected chi connectivity index (χ3v) is 3.91. The summed E-state index contributed by atoms with van der Waals surface area (Å²) < 4.78 is 11.6. The molecule has 1 aliphatic heterocycles. The number of carbonyl (C=O) groups excluding carboxylic acids is 1. The van der Waals surface area contributed by atoms with Crippen molar-refractivity contribution in [1.29, 1.82) is 0 Å². The van der Waals surface area contributed by atoms with E-state index in [1.165, 1.54) is 0 Å². The molecule has 1 amide bonds. The maximum absolute atomic E-state index is 11.7.